The van der Waals surface area contributed by atoms with E-state index < -0.39 is 6.09 Å². The summed E-state index contributed by atoms with van der Waals surface area (Å²) in [6, 6.07) is 6.19. The molecule has 1 aromatic carbocycles. The zero-order chi connectivity index (χ0) is 18.8. The first-order valence-electron chi connectivity index (χ1n) is 7.94. The highest BCUT2D eigenvalue weighted by Gasteiger charge is 2.08. The quantitative estimate of drug-likeness (QED) is 0.581. The highest BCUT2D eigenvalue weighted by molar-refractivity contribution is 7.13. The second-order valence-electron chi connectivity index (χ2n) is 5.23. The number of carbonyl (C=O) groups is 3. The van der Waals surface area contributed by atoms with Gasteiger partial charge in [-0.05, 0) is 31.0 Å². The molecular weight excluding hydrogens is 356 g/mol. The summed E-state index contributed by atoms with van der Waals surface area (Å²) in [5.41, 5.74) is 5.31. The third-order valence-corrected chi connectivity index (χ3v) is 3.91. The van der Waals surface area contributed by atoms with Crippen molar-refractivity contribution in [3.8, 4) is 5.75 Å². The molecule has 2 rings (SSSR count). The first-order valence-corrected chi connectivity index (χ1v) is 8.82. The Morgan fingerprint density at radius 3 is 2.85 bits per heavy atom. The Morgan fingerprint density at radius 2 is 2.12 bits per heavy atom. The fraction of sp³-hybridized carbons (Fsp3) is 0.235. The van der Waals surface area contributed by atoms with Crippen LogP contribution in [0.15, 0.2) is 35.8 Å². The number of nitrogens with two attached hydrogens (primary N) is 1. The molecule has 26 heavy (non-hydrogen) atoms. The maximum Gasteiger partial charge on any atom is 0.409 e. The molecule has 137 valence electrons. The van der Waals surface area contributed by atoms with Crippen molar-refractivity contribution >= 4 is 34.4 Å². The monoisotopic (exact) mass is 375 g/mol. The summed E-state index contributed by atoms with van der Waals surface area (Å²) < 4.78 is 4.74. The maximum atomic E-state index is 12.0. The van der Waals surface area contributed by atoms with E-state index in [2.05, 4.69) is 15.6 Å². The number of nitrogens with zero attached hydrogens (tertiary/aromatic N) is 1. The lowest BCUT2D eigenvalue weighted by Gasteiger charge is -2.07. The lowest BCUT2D eigenvalue weighted by Crippen LogP contribution is -2.24. The molecule has 1 heterocycles. The van der Waals surface area contributed by atoms with Gasteiger partial charge < -0.3 is 21.1 Å². The summed E-state index contributed by atoms with van der Waals surface area (Å²) in [5.74, 6) is -0.244. The van der Waals surface area contributed by atoms with Gasteiger partial charge in [0.15, 0.2) is 5.13 Å². The van der Waals surface area contributed by atoms with Crippen molar-refractivity contribution in [1.29, 1.82) is 0 Å². The molecule has 1 radical (unpaired) electrons. The Kier molecular flexibility index (Phi) is 7.56. The van der Waals surface area contributed by atoms with E-state index in [1.165, 1.54) is 23.5 Å². The number of rotatable bonds is 9. The van der Waals surface area contributed by atoms with E-state index in [4.69, 9.17) is 10.5 Å². The minimum Gasteiger partial charge on any atom is -0.410 e. The molecule has 9 heteroatoms. The van der Waals surface area contributed by atoms with Crippen molar-refractivity contribution in [3.63, 3.8) is 0 Å². The van der Waals surface area contributed by atoms with Crippen molar-refractivity contribution in [2.75, 3.05) is 11.9 Å². The Morgan fingerprint density at radius 1 is 1.27 bits per heavy atom. The number of amides is 3. The van der Waals surface area contributed by atoms with Crippen LogP contribution in [0, 0.1) is 6.42 Å². The first-order chi connectivity index (χ1) is 12.5. The van der Waals surface area contributed by atoms with Gasteiger partial charge in [0, 0.05) is 30.1 Å². The Labute approximate surface area is 154 Å². The predicted molar refractivity (Wildman–Crippen MR) is 97.9 cm³/mol. The van der Waals surface area contributed by atoms with Crippen LogP contribution in [-0.2, 0) is 4.79 Å². The van der Waals surface area contributed by atoms with Crippen molar-refractivity contribution in [2.45, 2.75) is 19.3 Å². The highest BCUT2D eigenvalue weighted by Crippen LogP contribution is 2.13. The zero-order valence-corrected chi connectivity index (χ0v) is 14.8. The molecule has 0 aliphatic heterocycles. The third kappa shape index (κ3) is 6.89. The molecule has 3 amide bonds. The van der Waals surface area contributed by atoms with E-state index in [1.807, 2.05) is 0 Å². The van der Waals surface area contributed by atoms with Crippen molar-refractivity contribution in [1.82, 2.24) is 10.3 Å². The maximum absolute atomic E-state index is 12.0. The molecule has 0 unspecified atom stereocenters. The summed E-state index contributed by atoms with van der Waals surface area (Å²) in [7, 11) is 0. The van der Waals surface area contributed by atoms with Crippen LogP contribution in [0.5, 0.6) is 5.75 Å². The lowest BCUT2D eigenvalue weighted by atomic mass is 10.1. The SMILES string of the molecule is NC(=O)Oc1cccc(C(=O)NCCCC[CH]C(=O)Nc2nccs2)c1. The van der Waals surface area contributed by atoms with Gasteiger partial charge in [-0.15, -0.1) is 11.3 Å². The molecule has 0 saturated carbocycles. The van der Waals surface area contributed by atoms with Gasteiger partial charge in [0.1, 0.15) is 5.75 Å². The van der Waals surface area contributed by atoms with Crippen LogP contribution in [0.3, 0.4) is 0 Å². The normalized spacial score (nSPS) is 10.2. The number of anilines is 1. The van der Waals surface area contributed by atoms with E-state index in [0.29, 0.717) is 23.7 Å². The first kappa shape index (κ1) is 19.4. The molecule has 0 fully saturated rings. The smallest absolute Gasteiger partial charge is 0.409 e. The van der Waals surface area contributed by atoms with Gasteiger partial charge in [0.25, 0.3) is 5.91 Å². The number of hydrogen-bond donors (Lipinski definition) is 3. The zero-order valence-electron chi connectivity index (χ0n) is 13.9. The largest absolute Gasteiger partial charge is 0.410 e. The standard InChI is InChI=1S/C17H19N4O4S/c18-16(24)25-13-6-4-5-12(11-13)15(23)19-8-3-1-2-7-14(22)21-17-20-9-10-26-17/h4-7,9-11H,1-3,8H2,(H2,18,24)(H,19,23)(H,20,21,22). The van der Waals surface area contributed by atoms with Gasteiger partial charge in [0.05, 0.1) is 0 Å². The second-order valence-corrected chi connectivity index (χ2v) is 6.13. The predicted octanol–water partition coefficient (Wildman–Crippen LogP) is 2.34. The summed E-state index contributed by atoms with van der Waals surface area (Å²) in [6.45, 7) is 0.474. The molecule has 0 bridgehead atoms. The van der Waals surface area contributed by atoms with Gasteiger partial charge >= 0.3 is 6.09 Å². The van der Waals surface area contributed by atoms with Gasteiger partial charge in [-0.25, -0.2) is 9.78 Å². The van der Waals surface area contributed by atoms with Crippen LogP contribution in [0.1, 0.15) is 29.6 Å². The number of carbonyl (C=O) groups excluding carboxylic acids is 3. The van der Waals surface area contributed by atoms with Crippen LogP contribution in [-0.4, -0.2) is 29.4 Å². The summed E-state index contributed by atoms with van der Waals surface area (Å²) in [6.07, 6.45) is 4.35. The van der Waals surface area contributed by atoms with E-state index >= 15 is 0 Å². The molecular formula is C17H19N4O4S. The molecule has 4 N–H and O–H groups in total. The number of ether oxygens (including phenoxy) is 1. The number of nitrogens with one attached hydrogen (secondary N) is 2. The van der Waals surface area contributed by atoms with Crippen molar-refractivity contribution in [2.24, 2.45) is 5.73 Å². The Balaban J connectivity index is 1.61. The number of aromatic nitrogens is 1. The fourth-order valence-corrected chi connectivity index (χ4v) is 2.60. The molecule has 1 aromatic heterocycles. The average molecular weight is 375 g/mol. The number of unbranched alkanes of at least 4 members (excludes halogenated alkanes) is 2. The van der Waals surface area contributed by atoms with Gasteiger partial charge in [0.2, 0.25) is 5.91 Å². The van der Waals surface area contributed by atoms with Gasteiger partial charge in [-0.2, -0.15) is 0 Å². The van der Waals surface area contributed by atoms with Gasteiger partial charge in [-0.1, -0.05) is 12.5 Å². The molecule has 2 aromatic rings. The van der Waals surface area contributed by atoms with Crippen LogP contribution in [0.4, 0.5) is 9.93 Å². The second kappa shape index (κ2) is 10.1. The highest BCUT2D eigenvalue weighted by atomic mass is 32.1. The lowest BCUT2D eigenvalue weighted by molar-refractivity contribution is -0.113. The molecule has 8 nitrogen and oxygen atoms in total. The number of benzene rings is 1. The van der Waals surface area contributed by atoms with Crippen LogP contribution >= 0.6 is 11.3 Å². The summed E-state index contributed by atoms with van der Waals surface area (Å²) in [4.78, 5) is 38.4. The molecule has 0 aliphatic rings. The van der Waals surface area contributed by atoms with Crippen LogP contribution in [0.25, 0.3) is 0 Å². The van der Waals surface area contributed by atoms with E-state index in [-0.39, 0.29) is 17.6 Å². The molecule has 0 saturated heterocycles. The molecule has 0 aliphatic carbocycles. The summed E-state index contributed by atoms with van der Waals surface area (Å²) in [5, 5.41) is 7.80. The average Bonchev–Trinajstić information content (AvgIpc) is 3.10. The third-order valence-electron chi connectivity index (χ3n) is 3.22. The van der Waals surface area contributed by atoms with Crippen LogP contribution in [0.2, 0.25) is 0 Å². The van der Waals surface area contributed by atoms with E-state index in [0.717, 1.165) is 12.8 Å². The minimum atomic E-state index is -0.933. The Hall–Kier alpha value is -2.94. The van der Waals surface area contributed by atoms with Crippen molar-refractivity contribution in [3.05, 3.63) is 47.8 Å². The Bertz CT molecular complexity index is 749. The number of primary amides is 1. The van der Waals surface area contributed by atoms with E-state index in [9.17, 15) is 14.4 Å². The van der Waals surface area contributed by atoms with E-state index in [1.54, 1.807) is 30.1 Å². The van der Waals surface area contributed by atoms with Gasteiger partial charge in [-0.3, -0.25) is 9.59 Å². The number of hydrogen-bond acceptors (Lipinski definition) is 6. The van der Waals surface area contributed by atoms with Crippen molar-refractivity contribution < 1.29 is 19.1 Å². The minimum absolute atomic E-state index is 0.185. The summed E-state index contributed by atoms with van der Waals surface area (Å²) >= 11 is 1.36. The molecule has 0 spiro atoms. The molecule has 0 atom stereocenters. The van der Waals surface area contributed by atoms with Crippen LogP contribution < -0.4 is 21.1 Å². The fourth-order valence-electron chi connectivity index (χ4n) is 2.07. The number of thiazole rings is 1. The topological polar surface area (TPSA) is 123 Å².